The number of hydrogen-bond acceptors (Lipinski definition) is 4. The van der Waals surface area contributed by atoms with E-state index in [1.807, 2.05) is 64.4 Å². The number of nitrogens with zero attached hydrogens (tertiary/aromatic N) is 2. The van der Waals surface area contributed by atoms with E-state index < -0.39 is 0 Å². The van der Waals surface area contributed by atoms with Crippen LogP contribution in [0.3, 0.4) is 0 Å². The predicted octanol–water partition coefficient (Wildman–Crippen LogP) is 9.74. The lowest BCUT2D eigenvalue weighted by molar-refractivity contribution is -0.129. The fraction of sp³-hybridized carbons (Fsp3) is 0.184. The Hall–Kier alpha value is -6.40. The predicted molar refractivity (Wildman–Crippen MR) is 219 cm³/mol. The lowest BCUT2D eigenvalue weighted by Crippen LogP contribution is -2.40. The fourth-order valence-electron chi connectivity index (χ4n) is 7.56. The van der Waals surface area contributed by atoms with Gasteiger partial charge >= 0.3 is 0 Å². The minimum Gasteiger partial charge on any atom is -0.497 e. The molecule has 5 aromatic carbocycles. The molecule has 0 fully saturated rings. The minimum atomic E-state index is 0.0432. The third kappa shape index (κ3) is 9.40. The average Bonchev–Trinajstić information content (AvgIpc) is 3.77. The number of benzene rings is 5. The van der Waals surface area contributed by atoms with Crippen LogP contribution in [-0.2, 0) is 35.3 Å². The summed E-state index contributed by atoms with van der Waals surface area (Å²) in [5, 5.41) is 0. The molecule has 0 saturated heterocycles. The number of fused-ring (bicyclic) bond motifs is 2. The zero-order valence-corrected chi connectivity index (χ0v) is 31.2. The molecule has 2 atom stereocenters. The standard InChI is InChI=1S/C26H25NO2.C23H21NO2/c1-29-23-14-11-20(12-15-23)13-16-26(28)27-18-17-22-9-5-6-10-24(22)25(27)19-21-7-3-2-4-8-21;25-23(11-10-19-13-15-26-17-19)24-14-12-20-8-4-5-9-21(20)22(24)16-18-6-2-1-3-7-18/h2-16,25H,17-19H2,1H3;1-11,13,15,17,22H,12,14,16H2. The van der Waals surface area contributed by atoms with Crippen molar-refractivity contribution in [1.82, 2.24) is 9.80 Å². The summed E-state index contributed by atoms with van der Waals surface area (Å²) in [5.41, 5.74) is 9.57. The largest absolute Gasteiger partial charge is 0.497 e. The fourth-order valence-corrected chi connectivity index (χ4v) is 7.56. The molecule has 6 heteroatoms. The highest BCUT2D eigenvalue weighted by Gasteiger charge is 2.31. The number of carbonyl (C=O) groups is 2. The van der Waals surface area contributed by atoms with Crippen molar-refractivity contribution in [1.29, 1.82) is 0 Å². The van der Waals surface area contributed by atoms with Crippen LogP contribution in [0.2, 0.25) is 0 Å². The Morgan fingerprint density at radius 2 is 1.07 bits per heavy atom. The second-order valence-electron chi connectivity index (χ2n) is 13.9. The van der Waals surface area contributed by atoms with Crippen molar-refractivity contribution in [3.8, 4) is 5.75 Å². The lowest BCUT2D eigenvalue weighted by Gasteiger charge is -2.37. The van der Waals surface area contributed by atoms with E-state index in [1.165, 1.54) is 33.4 Å². The number of furan rings is 1. The van der Waals surface area contributed by atoms with E-state index in [9.17, 15) is 9.59 Å². The van der Waals surface area contributed by atoms with Crippen LogP contribution in [0.15, 0.2) is 169 Å². The highest BCUT2D eigenvalue weighted by atomic mass is 16.5. The molecular weight excluding hydrogens is 681 g/mol. The highest BCUT2D eigenvalue weighted by Crippen LogP contribution is 2.34. The van der Waals surface area contributed by atoms with E-state index in [1.54, 1.807) is 31.8 Å². The maximum absolute atomic E-state index is 13.1. The van der Waals surface area contributed by atoms with Gasteiger partial charge in [0.1, 0.15) is 5.75 Å². The summed E-state index contributed by atoms with van der Waals surface area (Å²) >= 11 is 0. The number of amides is 2. The smallest absolute Gasteiger partial charge is 0.247 e. The van der Waals surface area contributed by atoms with Crippen LogP contribution in [0.5, 0.6) is 5.75 Å². The summed E-state index contributed by atoms with van der Waals surface area (Å²) in [7, 11) is 1.65. The van der Waals surface area contributed by atoms with E-state index in [2.05, 4.69) is 97.1 Å². The van der Waals surface area contributed by atoms with Gasteiger partial charge in [-0.05, 0) is 95.0 Å². The maximum Gasteiger partial charge on any atom is 0.247 e. The first-order valence-corrected chi connectivity index (χ1v) is 18.9. The third-order valence-electron chi connectivity index (χ3n) is 10.4. The quantitative estimate of drug-likeness (QED) is 0.139. The van der Waals surface area contributed by atoms with Gasteiger partial charge in [-0.1, -0.05) is 121 Å². The summed E-state index contributed by atoms with van der Waals surface area (Å²) in [4.78, 5) is 30.0. The van der Waals surface area contributed by atoms with Crippen molar-refractivity contribution >= 4 is 24.0 Å². The molecule has 2 unspecified atom stereocenters. The first-order valence-electron chi connectivity index (χ1n) is 18.9. The van der Waals surface area contributed by atoms with E-state index >= 15 is 0 Å². The van der Waals surface area contributed by atoms with E-state index in [-0.39, 0.29) is 23.9 Å². The minimum absolute atomic E-state index is 0.0432. The molecule has 2 aliphatic rings. The van der Waals surface area contributed by atoms with E-state index in [0.29, 0.717) is 0 Å². The Morgan fingerprint density at radius 3 is 1.55 bits per heavy atom. The zero-order chi connectivity index (χ0) is 37.8. The molecule has 2 amide bonds. The third-order valence-corrected chi connectivity index (χ3v) is 10.4. The van der Waals surface area contributed by atoms with Crippen LogP contribution in [-0.4, -0.2) is 41.8 Å². The van der Waals surface area contributed by atoms with Crippen LogP contribution in [0.4, 0.5) is 0 Å². The monoisotopic (exact) mass is 726 g/mol. The van der Waals surface area contributed by atoms with Gasteiger partial charge in [0.05, 0.1) is 31.7 Å². The SMILES string of the molecule is COc1ccc(C=CC(=O)N2CCc3ccccc3C2Cc2ccccc2)cc1.O=C(C=Cc1ccoc1)N1CCc2ccccc2C1Cc1ccccc1. The summed E-state index contributed by atoms with van der Waals surface area (Å²) < 4.78 is 10.3. The van der Waals surface area contributed by atoms with Gasteiger partial charge in [-0.15, -0.1) is 0 Å². The van der Waals surface area contributed by atoms with Gasteiger partial charge in [-0.2, -0.15) is 0 Å². The van der Waals surface area contributed by atoms with Gasteiger partial charge in [0.25, 0.3) is 0 Å². The molecule has 0 spiro atoms. The summed E-state index contributed by atoms with van der Waals surface area (Å²) in [6.07, 6.45) is 13.7. The molecule has 276 valence electrons. The Labute approximate surface area is 324 Å². The Balaban J connectivity index is 0.000000170. The summed E-state index contributed by atoms with van der Waals surface area (Å²) in [5.74, 6) is 0.905. The van der Waals surface area contributed by atoms with Gasteiger partial charge in [0, 0.05) is 30.8 Å². The van der Waals surface area contributed by atoms with Crippen LogP contribution >= 0.6 is 0 Å². The van der Waals surface area contributed by atoms with Crippen molar-refractivity contribution in [2.24, 2.45) is 0 Å². The van der Waals surface area contributed by atoms with Gasteiger partial charge < -0.3 is 19.0 Å². The van der Waals surface area contributed by atoms with Crippen molar-refractivity contribution in [3.63, 3.8) is 0 Å². The molecule has 0 aliphatic carbocycles. The normalized spacial score (nSPS) is 16.2. The van der Waals surface area contributed by atoms with E-state index in [0.717, 1.165) is 55.6 Å². The number of ether oxygens (including phenoxy) is 1. The first kappa shape index (κ1) is 36.9. The molecule has 1 aromatic heterocycles. The van der Waals surface area contributed by atoms with Crippen molar-refractivity contribution in [2.75, 3.05) is 20.2 Å². The van der Waals surface area contributed by atoms with Crippen LogP contribution < -0.4 is 4.74 Å². The number of carbonyl (C=O) groups excluding carboxylic acids is 2. The highest BCUT2D eigenvalue weighted by molar-refractivity contribution is 5.93. The van der Waals surface area contributed by atoms with Gasteiger partial charge in [-0.25, -0.2) is 0 Å². The van der Waals surface area contributed by atoms with Gasteiger partial charge in [-0.3, -0.25) is 9.59 Å². The molecule has 0 bridgehead atoms. The Morgan fingerprint density at radius 1 is 0.600 bits per heavy atom. The number of hydrogen-bond donors (Lipinski definition) is 0. The molecule has 8 rings (SSSR count). The topological polar surface area (TPSA) is 63.0 Å². The van der Waals surface area contributed by atoms with Crippen LogP contribution in [0, 0.1) is 0 Å². The molecule has 2 aliphatic heterocycles. The second-order valence-corrected chi connectivity index (χ2v) is 13.9. The van der Waals surface area contributed by atoms with Crippen molar-refractivity contribution < 1.29 is 18.7 Å². The second kappa shape index (κ2) is 18.1. The molecule has 55 heavy (non-hydrogen) atoms. The molecule has 0 saturated carbocycles. The Kier molecular flexibility index (Phi) is 12.1. The Bertz CT molecular complexity index is 2210. The van der Waals surface area contributed by atoms with Gasteiger partial charge in [0.15, 0.2) is 0 Å². The number of rotatable bonds is 9. The molecule has 3 heterocycles. The molecule has 0 radical (unpaired) electrons. The molecular formula is C49H46N2O4. The van der Waals surface area contributed by atoms with Crippen LogP contribution in [0.25, 0.3) is 12.2 Å². The lowest BCUT2D eigenvalue weighted by atomic mass is 9.88. The first-order chi connectivity index (χ1) is 27.1. The van der Waals surface area contributed by atoms with Gasteiger partial charge in [0.2, 0.25) is 11.8 Å². The maximum atomic E-state index is 13.1. The molecule has 0 N–H and O–H groups in total. The number of methoxy groups -OCH3 is 1. The molecule has 6 aromatic rings. The van der Waals surface area contributed by atoms with Crippen molar-refractivity contribution in [3.05, 3.63) is 209 Å². The van der Waals surface area contributed by atoms with Crippen molar-refractivity contribution in [2.45, 2.75) is 37.8 Å². The van der Waals surface area contributed by atoms with Crippen LogP contribution in [0.1, 0.15) is 56.6 Å². The summed E-state index contributed by atoms with van der Waals surface area (Å²) in [6.45, 7) is 1.48. The van der Waals surface area contributed by atoms with E-state index in [4.69, 9.17) is 9.15 Å². The average molecular weight is 727 g/mol. The molecule has 6 nitrogen and oxygen atoms in total. The summed E-state index contributed by atoms with van der Waals surface area (Å²) in [6, 6.07) is 47.4. The zero-order valence-electron chi connectivity index (χ0n) is 31.2.